The highest BCUT2D eigenvalue weighted by Gasteiger charge is 2.33. The van der Waals surface area contributed by atoms with Crippen LogP contribution in [0.1, 0.15) is 47.3 Å². The van der Waals surface area contributed by atoms with E-state index in [-0.39, 0.29) is 23.5 Å². The van der Waals surface area contributed by atoms with Crippen molar-refractivity contribution in [1.82, 2.24) is 9.88 Å². The molecule has 1 atom stereocenters. The van der Waals surface area contributed by atoms with E-state index in [1.807, 2.05) is 12.1 Å². The molecule has 1 aromatic heterocycles. The van der Waals surface area contributed by atoms with E-state index in [1.54, 1.807) is 11.9 Å². The second kappa shape index (κ2) is 6.16. The van der Waals surface area contributed by atoms with Crippen LogP contribution in [-0.2, 0) is 22.7 Å². The molecule has 1 aliphatic carbocycles. The summed E-state index contributed by atoms with van der Waals surface area (Å²) in [4.78, 5) is 18.2. The lowest BCUT2D eigenvalue weighted by molar-refractivity contribution is 0.0749. The number of hydrogen-bond acceptors (Lipinski definition) is 3. The summed E-state index contributed by atoms with van der Waals surface area (Å²) in [6.45, 7) is 0. The van der Waals surface area contributed by atoms with Crippen molar-refractivity contribution in [2.24, 2.45) is 0 Å². The van der Waals surface area contributed by atoms with E-state index in [4.69, 9.17) is 0 Å². The minimum atomic E-state index is -3.01. The summed E-state index contributed by atoms with van der Waals surface area (Å²) in [5, 5.41) is 1.15. The lowest BCUT2D eigenvalue weighted by Gasteiger charge is -2.23. The molecule has 134 valence electrons. The van der Waals surface area contributed by atoms with Crippen LogP contribution < -0.4 is 0 Å². The molecule has 1 aliphatic heterocycles. The Hall–Kier alpha value is -1.82. The minimum absolute atomic E-state index is 0.0758. The summed E-state index contributed by atoms with van der Waals surface area (Å²) in [6.07, 6.45) is 6.25. The van der Waals surface area contributed by atoms with Gasteiger partial charge in [0.05, 0.1) is 22.6 Å². The summed E-state index contributed by atoms with van der Waals surface area (Å²) in [7, 11) is -1.28. The molecular formula is C19H24N2O3S. The van der Waals surface area contributed by atoms with E-state index in [0.717, 1.165) is 23.7 Å². The number of aromatic nitrogens is 1. The number of carbonyl (C=O) groups excluding carboxylic acids is 1. The van der Waals surface area contributed by atoms with Crippen LogP contribution in [0.25, 0.3) is 10.9 Å². The number of hydrogen-bond donors (Lipinski definition) is 1. The summed E-state index contributed by atoms with van der Waals surface area (Å²) in [5.41, 5.74) is 4.18. The van der Waals surface area contributed by atoms with Gasteiger partial charge in [-0.2, -0.15) is 0 Å². The van der Waals surface area contributed by atoms with Gasteiger partial charge in [0.1, 0.15) is 0 Å². The predicted molar refractivity (Wildman–Crippen MR) is 98.7 cm³/mol. The van der Waals surface area contributed by atoms with Crippen molar-refractivity contribution in [2.75, 3.05) is 18.6 Å². The number of sulfone groups is 1. The Morgan fingerprint density at radius 3 is 2.76 bits per heavy atom. The maximum Gasteiger partial charge on any atom is 0.256 e. The molecule has 6 heteroatoms. The van der Waals surface area contributed by atoms with Gasteiger partial charge in [-0.15, -0.1) is 0 Å². The van der Waals surface area contributed by atoms with Crippen LogP contribution in [0.3, 0.4) is 0 Å². The number of fused-ring (bicyclic) bond motifs is 3. The van der Waals surface area contributed by atoms with Crippen LogP contribution in [0.15, 0.2) is 18.2 Å². The van der Waals surface area contributed by atoms with E-state index in [9.17, 15) is 13.2 Å². The van der Waals surface area contributed by atoms with E-state index in [1.165, 1.54) is 30.5 Å². The zero-order valence-electron chi connectivity index (χ0n) is 14.5. The number of benzene rings is 1. The number of amides is 1. The number of aryl methyl sites for hydroxylation is 2. The first-order chi connectivity index (χ1) is 12.0. The summed E-state index contributed by atoms with van der Waals surface area (Å²) in [6, 6.07) is 5.65. The molecule has 0 bridgehead atoms. The number of carbonyl (C=O) groups is 1. The van der Waals surface area contributed by atoms with Crippen LogP contribution in [0.5, 0.6) is 0 Å². The third-order valence-corrected chi connectivity index (χ3v) is 7.44. The summed E-state index contributed by atoms with van der Waals surface area (Å²) >= 11 is 0. The molecule has 2 aliphatic rings. The molecular weight excluding hydrogens is 336 g/mol. The van der Waals surface area contributed by atoms with Crippen LogP contribution in [0.4, 0.5) is 0 Å². The van der Waals surface area contributed by atoms with Gasteiger partial charge in [-0.3, -0.25) is 4.79 Å². The fourth-order valence-electron chi connectivity index (χ4n) is 4.22. The minimum Gasteiger partial charge on any atom is -0.358 e. The third-order valence-electron chi connectivity index (χ3n) is 5.69. The molecule has 1 saturated heterocycles. The zero-order chi connectivity index (χ0) is 17.6. The van der Waals surface area contributed by atoms with Gasteiger partial charge >= 0.3 is 0 Å². The van der Waals surface area contributed by atoms with Crippen LogP contribution in [0, 0.1) is 0 Å². The second-order valence-corrected chi connectivity index (χ2v) is 9.57. The Kier molecular flexibility index (Phi) is 4.10. The Bertz CT molecular complexity index is 930. The molecule has 2 heterocycles. The van der Waals surface area contributed by atoms with Gasteiger partial charge in [0.15, 0.2) is 9.84 Å². The van der Waals surface area contributed by atoms with E-state index >= 15 is 0 Å². The lowest BCUT2D eigenvalue weighted by atomic mass is 10.0. The van der Waals surface area contributed by atoms with Gasteiger partial charge in [-0.05, 0) is 43.7 Å². The summed E-state index contributed by atoms with van der Waals surface area (Å²) in [5.74, 6) is 0.159. The average molecular weight is 360 g/mol. The highest BCUT2D eigenvalue weighted by molar-refractivity contribution is 7.91. The first-order valence-electron chi connectivity index (χ1n) is 9.06. The molecule has 4 rings (SSSR count). The molecule has 5 nitrogen and oxygen atoms in total. The first-order valence-corrected chi connectivity index (χ1v) is 10.9. The molecule has 0 saturated carbocycles. The molecule has 25 heavy (non-hydrogen) atoms. The molecule has 0 radical (unpaired) electrons. The van der Waals surface area contributed by atoms with Gasteiger partial charge in [-0.1, -0.05) is 18.6 Å². The SMILES string of the molecule is CN(C(=O)c1cccc2c3c([nH]c12)CCCCC3)[C@@H]1CCS(=O)(=O)C1. The monoisotopic (exact) mass is 360 g/mol. The smallest absolute Gasteiger partial charge is 0.256 e. The maximum absolute atomic E-state index is 13.0. The van der Waals surface area contributed by atoms with Crippen molar-refractivity contribution in [3.63, 3.8) is 0 Å². The van der Waals surface area contributed by atoms with Crippen molar-refractivity contribution in [2.45, 2.75) is 44.6 Å². The average Bonchev–Trinajstić information content (AvgIpc) is 3.04. The molecule has 2 aromatic rings. The number of rotatable bonds is 2. The summed E-state index contributed by atoms with van der Waals surface area (Å²) < 4.78 is 23.5. The van der Waals surface area contributed by atoms with E-state index in [2.05, 4.69) is 11.1 Å². The van der Waals surface area contributed by atoms with Crippen LogP contribution in [-0.4, -0.2) is 48.8 Å². The van der Waals surface area contributed by atoms with Crippen molar-refractivity contribution in [1.29, 1.82) is 0 Å². The van der Waals surface area contributed by atoms with Gasteiger partial charge in [-0.25, -0.2) is 8.42 Å². The van der Waals surface area contributed by atoms with Crippen molar-refractivity contribution in [3.8, 4) is 0 Å². The molecule has 1 amide bonds. The molecule has 0 unspecified atom stereocenters. The Balaban J connectivity index is 1.70. The number of nitrogens with one attached hydrogen (secondary N) is 1. The highest BCUT2D eigenvalue weighted by Crippen LogP contribution is 2.31. The third kappa shape index (κ3) is 2.97. The number of nitrogens with zero attached hydrogens (tertiary/aromatic N) is 1. The Morgan fingerprint density at radius 1 is 1.20 bits per heavy atom. The standard InChI is InChI=1S/C19H24N2O3S/c1-21(13-10-11-25(23,24)12-13)19(22)16-8-5-7-15-14-6-3-2-4-9-17(14)20-18(15)16/h5,7-8,13,20H,2-4,6,9-12H2,1H3/t13-/m1/s1. The molecule has 1 fully saturated rings. The van der Waals surface area contributed by atoms with E-state index in [0.29, 0.717) is 12.0 Å². The highest BCUT2D eigenvalue weighted by atomic mass is 32.2. The normalized spacial score (nSPS) is 22.5. The van der Waals surface area contributed by atoms with E-state index < -0.39 is 9.84 Å². The molecule has 0 spiro atoms. The van der Waals surface area contributed by atoms with Crippen LogP contribution >= 0.6 is 0 Å². The first kappa shape index (κ1) is 16.6. The van der Waals surface area contributed by atoms with Crippen LogP contribution in [0.2, 0.25) is 0 Å². The predicted octanol–water partition coefficient (Wildman–Crippen LogP) is 2.70. The number of para-hydroxylation sites is 1. The number of aromatic amines is 1. The Labute approximate surface area is 148 Å². The zero-order valence-corrected chi connectivity index (χ0v) is 15.4. The quantitative estimate of drug-likeness (QED) is 0.837. The Morgan fingerprint density at radius 2 is 2.00 bits per heavy atom. The van der Waals surface area contributed by atoms with Crippen molar-refractivity contribution >= 4 is 26.6 Å². The van der Waals surface area contributed by atoms with Gasteiger partial charge < -0.3 is 9.88 Å². The van der Waals surface area contributed by atoms with Gasteiger partial charge in [0, 0.05) is 24.2 Å². The lowest BCUT2D eigenvalue weighted by Crippen LogP contribution is -2.37. The maximum atomic E-state index is 13.0. The van der Waals surface area contributed by atoms with Gasteiger partial charge in [0.2, 0.25) is 0 Å². The van der Waals surface area contributed by atoms with Crippen molar-refractivity contribution in [3.05, 3.63) is 35.0 Å². The number of H-pyrrole nitrogens is 1. The molecule has 1 aromatic carbocycles. The molecule has 1 N–H and O–H groups in total. The van der Waals surface area contributed by atoms with Crippen molar-refractivity contribution < 1.29 is 13.2 Å². The fraction of sp³-hybridized carbons (Fsp3) is 0.526. The fourth-order valence-corrected chi connectivity index (χ4v) is 6.00. The topological polar surface area (TPSA) is 70.2 Å². The van der Waals surface area contributed by atoms with Gasteiger partial charge in [0.25, 0.3) is 5.91 Å². The largest absolute Gasteiger partial charge is 0.358 e. The second-order valence-electron chi connectivity index (χ2n) is 7.34.